The molecule has 0 aliphatic rings. The lowest BCUT2D eigenvalue weighted by Crippen LogP contribution is -2.29. The van der Waals surface area contributed by atoms with Crippen LogP contribution in [0.15, 0.2) is 35.4 Å². The fraction of sp³-hybridized carbons (Fsp3) is 0.0833. The third-order valence-electron chi connectivity index (χ3n) is 3.13. The molecule has 0 fully saturated rings. The van der Waals surface area contributed by atoms with Gasteiger partial charge in [-0.25, -0.2) is 4.98 Å². The predicted molar refractivity (Wildman–Crippen MR) is 77.9 cm³/mol. The molecular formula is C12H12BN5O3. The lowest BCUT2D eigenvalue weighted by atomic mass is 9.80. The lowest BCUT2D eigenvalue weighted by molar-refractivity contribution is 0.426. The fourth-order valence-corrected chi connectivity index (χ4v) is 2.11. The molecule has 0 radical (unpaired) electrons. The van der Waals surface area contributed by atoms with Crippen molar-refractivity contribution in [2.45, 2.75) is 6.54 Å². The van der Waals surface area contributed by atoms with Gasteiger partial charge in [-0.2, -0.15) is 4.98 Å². The summed E-state index contributed by atoms with van der Waals surface area (Å²) in [5.41, 5.74) is 7.04. The highest BCUT2D eigenvalue weighted by molar-refractivity contribution is 6.58. The summed E-state index contributed by atoms with van der Waals surface area (Å²) in [7, 11) is -1.50. The first-order valence-corrected chi connectivity index (χ1v) is 6.20. The highest BCUT2D eigenvalue weighted by Gasteiger charge is 2.12. The minimum absolute atomic E-state index is 0.0269. The van der Waals surface area contributed by atoms with Gasteiger partial charge < -0.3 is 20.3 Å². The second kappa shape index (κ2) is 5.04. The summed E-state index contributed by atoms with van der Waals surface area (Å²) < 4.78 is 1.66. The first-order chi connectivity index (χ1) is 10.0. The van der Waals surface area contributed by atoms with Crippen LogP contribution < -0.4 is 16.8 Å². The molecule has 2 aromatic heterocycles. The lowest BCUT2D eigenvalue weighted by Gasteiger charge is -2.05. The van der Waals surface area contributed by atoms with Crippen molar-refractivity contribution in [3.63, 3.8) is 0 Å². The number of rotatable bonds is 3. The topological polar surface area (TPSA) is 130 Å². The number of anilines is 1. The maximum absolute atomic E-state index is 11.9. The zero-order valence-corrected chi connectivity index (χ0v) is 10.9. The number of aromatic amines is 1. The second-order valence-electron chi connectivity index (χ2n) is 4.61. The minimum Gasteiger partial charge on any atom is -0.423 e. The number of aromatic nitrogens is 4. The molecule has 0 saturated heterocycles. The molecule has 1 aromatic carbocycles. The maximum atomic E-state index is 11.9. The summed E-state index contributed by atoms with van der Waals surface area (Å²) in [6.07, 6.45) is 1.52. The van der Waals surface area contributed by atoms with Crippen molar-refractivity contribution in [3.8, 4) is 0 Å². The van der Waals surface area contributed by atoms with Gasteiger partial charge in [-0.1, -0.05) is 24.3 Å². The molecule has 0 unspecified atom stereocenters. The number of nitrogen functional groups attached to an aromatic ring is 1. The second-order valence-corrected chi connectivity index (χ2v) is 4.61. The van der Waals surface area contributed by atoms with Gasteiger partial charge in [0.1, 0.15) is 0 Å². The molecule has 8 nitrogen and oxygen atoms in total. The summed E-state index contributed by atoms with van der Waals surface area (Å²) in [5.74, 6) is 0.0269. The van der Waals surface area contributed by atoms with Crippen molar-refractivity contribution >= 4 is 29.7 Å². The Balaban J connectivity index is 1.97. The Hall–Kier alpha value is -2.65. The molecule has 106 valence electrons. The van der Waals surface area contributed by atoms with Gasteiger partial charge in [-0.15, -0.1) is 0 Å². The molecule has 0 saturated carbocycles. The van der Waals surface area contributed by atoms with E-state index in [1.54, 1.807) is 28.8 Å². The zero-order valence-electron chi connectivity index (χ0n) is 10.9. The molecule has 0 bridgehead atoms. The van der Waals surface area contributed by atoms with Crippen LogP contribution in [0.5, 0.6) is 0 Å². The third-order valence-corrected chi connectivity index (χ3v) is 3.13. The number of H-pyrrole nitrogens is 1. The van der Waals surface area contributed by atoms with Crippen LogP contribution in [-0.2, 0) is 6.54 Å². The van der Waals surface area contributed by atoms with Gasteiger partial charge in [-0.05, 0) is 11.0 Å². The highest BCUT2D eigenvalue weighted by atomic mass is 16.4. The molecular weight excluding hydrogens is 273 g/mol. The fourth-order valence-electron chi connectivity index (χ4n) is 2.11. The first kappa shape index (κ1) is 13.3. The molecule has 3 rings (SSSR count). The van der Waals surface area contributed by atoms with Crippen molar-refractivity contribution in [1.29, 1.82) is 0 Å². The van der Waals surface area contributed by atoms with Crippen molar-refractivity contribution in [2.75, 3.05) is 5.73 Å². The summed E-state index contributed by atoms with van der Waals surface area (Å²) >= 11 is 0. The monoisotopic (exact) mass is 285 g/mol. The molecule has 3 aromatic rings. The molecule has 0 amide bonds. The number of imidazole rings is 1. The van der Waals surface area contributed by atoms with Crippen LogP contribution in [-0.4, -0.2) is 36.7 Å². The van der Waals surface area contributed by atoms with E-state index in [0.717, 1.165) is 5.56 Å². The van der Waals surface area contributed by atoms with Crippen molar-refractivity contribution in [1.82, 2.24) is 19.5 Å². The summed E-state index contributed by atoms with van der Waals surface area (Å²) in [4.78, 5) is 22.4. The summed E-state index contributed by atoms with van der Waals surface area (Å²) in [6.45, 7) is 0.410. The third kappa shape index (κ3) is 2.51. The number of nitrogens with two attached hydrogens (primary N) is 1. The van der Waals surface area contributed by atoms with Crippen LogP contribution in [0.3, 0.4) is 0 Å². The van der Waals surface area contributed by atoms with Gasteiger partial charge in [-0.3, -0.25) is 9.78 Å². The molecule has 21 heavy (non-hydrogen) atoms. The van der Waals surface area contributed by atoms with Gasteiger partial charge in [0.2, 0.25) is 5.95 Å². The molecule has 0 aliphatic heterocycles. The van der Waals surface area contributed by atoms with Crippen molar-refractivity contribution in [2.24, 2.45) is 0 Å². The Morgan fingerprint density at radius 2 is 2.00 bits per heavy atom. The normalized spacial score (nSPS) is 11.0. The largest absolute Gasteiger partial charge is 0.488 e. The van der Waals surface area contributed by atoms with Crippen molar-refractivity contribution in [3.05, 3.63) is 46.5 Å². The van der Waals surface area contributed by atoms with Gasteiger partial charge in [0.15, 0.2) is 11.2 Å². The molecule has 9 heteroatoms. The SMILES string of the molecule is Nc1nc2ncn(Cc3ccc(B(O)O)cc3)c2c(=O)[nH]1. The molecule has 0 spiro atoms. The first-order valence-electron chi connectivity index (χ1n) is 6.20. The van der Waals surface area contributed by atoms with E-state index in [1.165, 1.54) is 6.33 Å². The minimum atomic E-state index is -1.50. The van der Waals surface area contributed by atoms with Crippen LogP contribution in [0.2, 0.25) is 0 Å². The van der Waals surface area contributed by atoms with E-state index < -0.39 is 7.12 Å². The Morgan fingerprint density at radius 1 is 1.29 bits per heavy atom. The number of fused-ring (bicyclic) bond motifs is 1. The Labute approximate surface area is 119 Å². The van der Waals surface area contributed by atoms with Crippen molar-refractivity contribution < 1.29 is 10.0 Å². The van der Waals surface area contributed by atoms with Crippen LogP contribution >= 0.6 is 0 Å². The van der Waals surface area contributed by atoms with E-state index in [-0.39, 0.29) is 11.5 Å². The van der Waals surface area contributed by atoms with E-state index >= 15 is 0 Å². The Morgan fingerprint density at radius 3 is 2.67 bits per heavy atom. The van der Waals surface area contributed by atoms with E-state index in [0.29, 0.717) is 23.2 Å². The summed E-state index contributed by atoms with van der Waals surface area (Å²) in [6, 6.07) is 6.72. The molecule has 0 aliphatic carbocycles. The van der Waals surface area contributed by atoms with Gasteiger partial charge >= 0.3 is 7.12 Å². The number of nitrogens with zero attached hydrogens (tertiary/aromatic N) is 3. The van der Waals surface area contributed by atoms with Crippen LogP contribution in [0, 0.1) is 0 Å². The Kier molecular flexibility index (Phi) is 3.20. The van der Waals surface area contributed by atoms with E-state index in [9.17, 15) is 4.79 Å². The maximum Gasteiger partial charge on any atom is 0.488 e. The molecule has 2 heterocycles. The van der Waals surface area contributed by atoms with Crippen LogP contribution in [0.1, 0.15) is 5.56 Å². The highest BCUT2D eigenvalue weighted by Crippen LogP contribution is 2.09. The van der Waals surface area contributed by atoms with Gasteiger partial charge in [0.25, 0.3) is 5.56 Å². The average Bonchev–Trinajstić information content (AvgIpc) is 2.82. The molecule has 0 atom stereocenters. The van der Waals surface area contributed by atoms with E-state index in [2.05, 4.69) is 15.0 Å². The predicted octanol–water partition coefficient (Wildman–Crippen LogP) is -1.57. The van der Waals surface area contributed by atoms with Crippen LogP contribution in [0.25, 0.3) is 11.2 Å². The number of hydrogen-bond donors (Lipinski definition) is 4. The average molecular weight is 285 g/mol. The molecule has 5 N–H and O–H groups in total. The quantitative estimate of drug-likeness (QED) is 0.430. The number of hydrogen-bond acceptors (Lipinski definition) is 6. The Bertz CT molecular complexity index is 840. The van der Waals surface area contributed by atoms with E-state index in [1.807, 2.05) is 0 Å². The zero-order chi connectivity index (χ0) is 15.0. The number of benzene rings is 1. The van der Waals surface area contributed by atoms with Crippen LogP contribution in [0.4, 0.5) is 5.95 Å². The van der Waals surface area contributed by atoms with Gasteiger partial charge in [0, 0.05) is 6.54 Å². The standard InChI is InChI=1S/C12H12BN5O3/c14-12-16-10-9(11(19)17-12)18(6-15-10)5-7-1-3-8(4-2-7)13(20)21/h1-4,6,20-21H,5H2,(H3,14,16,17,19). The smallest absolute Gasteiger partial charge is 0.423 e. The van der Waals surface area contributed by atoms with Gasteiger partial charge in [0.05, 0.1) is 6.33 Å². The van der Waals surface area contributed by atoms with E-state index in [4.69, 9.17) is 15.8 Å². The number of nitrogens with one attached hydrogen (secondary N) is 1. The summed E-state index contributed by atoms with van der Waals surface area (Å²) in [5, 5.41) is 18.1.